The molecule has 0 aromatic heterocycles. The summed E-state index contributed by atoms with van der Waals surface area (Å²) in [5, 5.41) is 15.8. The summed E-state index contributed by atoms with van der Waals surface area (Å²) < 4.78 is 24.0. The quantitative estimate of drug-likeness (QED) is 0.601. The first-order valence-corrected chi connectivity index (χ1v) is 7.18. The van der Waals surface area contributed by atoms with Gasteiger partial charge in [-0.3, -0.25) is 13.4 Å². The third-order valence-electron chi connectivity index (χ3n) is 2.70. The molecule has 0 radical (unpaired) electrons. The number of likely N-dealkylation sites (tertiary alicyclic amines) is 1. The predicted molar refractivity (Wildman–Crippen MR) is 89.7 cm³/mol. The molecule has 0 bridgehead atoms. The number of amides is 1. The van der Waals surface area contributed by atoms with E-state index in [0.29, 0.717) is 18.5 Å². The summed E-state index contributed by atoms with van der Waals surface area (Å²) in [6, 6.07) is 5.80. The highest BCUT2D eigenvalue weighted by Gasteiger charge is 2.25. The summed E-state index contributed by atoms with van der Waals surface area (Å²) in [4.78, 5) is 12.1. The number of benzene rings is 1. The van der Waals surface area contributed by atoms with Gasteiger partial charge in [0.05, 0.1) is 0 Å². The SMILES string of the molecule is C#Cc1cccc(B(F)F)c1.CC.CN1CCC(O)C1=O.CO. The number of likely N-dealkylation sites (N-methyl/N-ethyl adjacent to an activating group) is 1. The zero-order valence-corrected chi connectivity index (χ0v) is 14.0. The predicted octanol–water partition coefficient (Wildman–Crippen LogP) is 1.15. The summed E-state index contributed by atoms with van der Waals surface area (Å²) >= 11 is 0. The van der Waals surface area contributed by atoms with Gasteiger partial charge in [-0.1, -0.05) is 31.9 Å². The van der Waals surface area contributed by atoms with Gasteiger partial charge in [0.25, 0.3) is 5.91 Å². The van der Waals surface area contributed by atoms with Gasteiger partial charge < -0.3 is 15.1 Å². The van der Waals surface area contributed by atoms with Gasteiger partial charge in [0, 0.05) is 26.3 Å². The van der Waals surface area contributed by atoms with Crippen LogP contribution in [0.25, 0.3) is 0 Å². The maximum absolute atomic E-state index is 12.0. The van der Waals surface area contributed by atoms with E-state index in [4.69, 9.17) is 16.6 Å². The van der Waals surface area contributed by atoms with Crippen molar-refractivity contribution >= 4 is 18.6 Å². The third-order valence-corrected chi connectivity index (χ3v) is 2.70. The number of aliphatic hydroxyl groups excluding tert-OH is 2. The average Bonchev–Trinajstić information content (AvgIpc) is 2.90. The molecule has 2 rings (SSSR count). The maximum Gasteiger partial charge on any atom is 0.572 e. The van der Waals surface area contributed by atoms with E-state index in [0.717, 1.165) is 7.11 Å². The van der Waals surface area contributed by atoms with Crippen molar-refractivity contribution in [1.29, 1.82) is 0 Å². The number of hydrogen-bond acceptors (Lipinski definition) is 3. The second-order valence-electron chi connectivity index (χ2n) is 4.13. The van der Waals surface area contributed by atoms with Crippen molar-refractivity contribution in [3.63, 3.8) is 0 Å². The molecule has 0 saturated carbocycles. The fourth-order valence-electron chi connectivity index (χ4n) is 1.57. The van der Waals surface area contributed by atoms with Crippen LogP contribution in [0.1, 0.15) is 25.8 Å². The molecule has 0 spiro atoms. The average molecular weight is 327 g/mol. The van der Waals surface area contributed by atoms with E-state index in [2.05, 4.69) is 5.92 Å². The smallest absolute Gasteiger partial charge is 0.400 e. The highest BCUT2D eigenvalue weighted by molar-refractivity contribution is 6.59. The monoisotopic (exact) mass is 327 g/mol. The highest BCUT2D eigenvalue weighted by atomic mass is 19.2. The van der Waals surface area contributed by atoms with Crippen LogP contribution >= 0.6 is 0 Å². The Hall–Kier alpha value is -1.91. The first-order valence-electron chi connectivity index (χ1n) is 7.18. The zero-order chi connectivity index (χ0) is 18.4. The Bertz CT molecular complexity index is 480. The lowest BCUT2D eigenvalue weighted by Crippen LogP contribution is -2.24. The molecule has 1 aliphatic heterocycles. The highest BCUT2D eigenvalue weighted by Crippen LogP contribution is 2.06. The van der Waals surface area contributed by atoms with Crippen molar-refractivity contribution in [2.75, 3.05) is 20.7 Å². The number of aliphatic hydroxyl groups is 2. The van der Waals surface area contributed by atoms with Gasteiger partial charge >= 0.3 is 7.27 Å². The molecule has 4 nitrogen and oxygen atoms in total. The largest absolute Gasteiger partial charge is 0.572 e. The van der Waals surface area contributed by atoms with Gasteiger partial charge in [-0.05, 0) is 24.0 Å². The molecule has 1 fully saturated rings. The number of terminal acetylenes is 1. The van der Waals surface area contributed by atoms with Crippen LogP contribution in [-0.2, 0) is 4.79 Å². The summed E-state index contributed by atoms with van der Waals surface area (Å²) in [5.41, 5.74) is 0.461. The van der Waals surface area contributed by atoms with E-state index < -0.39 is 13.4 Å². The van der Waals surface area contributed by atoms with Gasteiger partial charge in [-0.15, -0.1) is 6.42 Å². The number of nitrogens with zero attached hydrogens (tertiary/aromatic N) is 1. The van der Waals surface area contributed by atoms with Crippen molar-refractivity contribution in [3.8, 4) is 12.3 Å². The number of carbonyl (C=O) groups is 1. The Morgan fingerprint density at radius 1 is 1.35 bits per heavy atom. The van der Waals surface area contributed by atoms with E-state index in [1.165, 1.54) is 23.1 Å². The van der Waals surface area contributed by atoms with E-state index in [1.807, 2.05) is 13.8 Å². The lowest BCUT2D eigenvalue weighted by atomic mass is 9.85. The number of halogens is 2. The molecule has 1 heterocycles. The molecule has 1 saturated heterocycles. The number of carbonyl (C=O) groups excluding carboxylic acids is 1. The molecule has 23 heavy (non-hydrogen) atoms. The van der Waals surface area contributed by atoms with E-state index in [-0.39, 0.29) is 11.4 Å². The zero-order valence-electron chi connectivity index (χ0n) is 14.0. The van der Waals surface area contributed by atoms with Gasteiger partial charge in [-0.25, -0.2) is 0 Å². The summed E-state index contributed by atoms with van der Waals surface area (Å²) in [7, 11) is 0.252. The molecule has 1 aromatic rings. The van der Waals surface area contributed by atoms with Crippen LogP contribution in [0.3, 0.4) is 0 Å². The molecule has 1 atom stereocenters. The molecule has 1 unspecified atom stereocenters. The Morgan fingerprint density at radius 3 is 2.22 bits per heavy atom. The molecule has 1 amide bonds. The van der Waals surface area contributed by atoms with E-state index in [9.17, 15) is 13.4 Å². The molecule has 7 heteroatoms. The molecule has 128 valence electrons. The minimum atomic E-state index is -2.44. The first kappa shape index (κ1) is 23.4. The lowest BCUT2D eigenvalue weighted by Gasteiger charge is -2.04. The van der Waals surface area contributed by atoms with Crippen molar-refractivity contribution in [3.05, 3.63) is 29.8 Å². The first-order chi connectivity index (χ1) is 11.0. The van der Waals surface area contributed by atoms with Crippen molar-refractivity contribution in [2.24, 2.45) is 0 Å². The van der Waals surface area contributed by atoms with Crippen LogP contribution in [0.5, 0.6) is 0 Å². The Morgan fingerprint density at radius 2 is 1.91 bits per heavy atom. The Labute approximate surface area is 137 Å². The second-order valence-corrected chi connectivity index (χ2v) is 4.13. The third kappa shape index (κ3) is 8.96. The van der Waals surface area contributed by atoms with Gasteiger partial charge in [-0.2, -0.15) is 0 Å². The van der Waals surface area contributed by atoms with Crippen molar-refractivity contribution in [2.45, 2.75) is 26.4 Å². The van der Waals surface area contributed by atoms with E-state index >= 15 is 0 Å². The molecule has 1 aliphatic rings. The maximum atomic E-state index is 12.0. The molecular weight excluding hydrogens is 303 g/mol. The van der Waals surface area contributed by atoms with Crippen LogP contribution in [0.4, 0.5) is 8.63 Å². The molecular formula is C16H24BF2NO3. The second kappa shape index (κ2) is 13.7. The van der Waals surface area contributed by atoms with Crippen molar-refractivity contribution < 1.29 is 23.6 Å². The lowest BCUT2D eigenvalue weighted by molar-refractivity contribution is -0.133. The van der Waals surface area contributed by atoms with Gasteiger partial charge in [0.2, 0.25) is 0 Å². The van der Waals surface area contributed by atoms with Crippen LogP contribution in [-0.4, -0.2) is 55.1 Å². The molecule has 1 aromatic carbocycles. The van der Waals surface area contributed by atoms with Crippen LogP contribution in [0.2, 0.25) is 0 Å². The van der Waals surface area contributed by atoms with Gasteiger partial charge in [0.1, 0.15) is 6.10 Å². The van der Waals surface area contributed by atoms with Crippen LogP contribution in [0.15, 0.2) is 24.3 Å². The summed E-state index contributed by atoms with van der Waals surface area (Å²) in [6.45, 7) is 4.69. The molecule has 0 aliphatic carbocycles. The van der Waals surface area contributed by atoms with Crippen molar-refractivity contribution in [1.82, 2.24) is 4.90 Å². The minimum absolute atomic E-state index is 0.0274. The standard InChI is InChI=1S/C8H5BF2.C5H9NO2.C2H6.CH4O/c1-2-7-4-3-5-8(6-7)9(10)11;1-6-3-2-4(7)5(6)8;2*1-2/h1,3-6H;4,7H,2-3H2,1H3;1-2H3;2H,1H3. The Balaban J connectivity index is 0. The number of hydrogen-bond donors (Lipinski definition) is 2. The topological polar surface area (TPSA) is 60.8 Å². The molecule has 2 N–H and O–H groups in total. The minimum Gasteiger partial charge on any atom is -0.400 e. The summed E-state index contributed by atoms with van der Waals surface area (Å²) in [5.74, 6) is 2.14. The Kier molecular flexibility index (Phi) is 14.0. The van der Waals surface area contributed by atoms with E-state index in [1.54, 1.807) is 13.1 Å². The van der Waals surface area contributed by atoms with Gasteiger partial charge in [0.15, 0.2) is 0 Å². The normalized spacial score (nSPS) is 15.0. The fourth-order valence-corrected chi connectivity index (χ4v) is 1.57. The van der Waals surface area contributed by atoms with Crippen LogP contribution in [0, 0.1) is 12.3 Å². The van der Waals surface area contributed by atoms with Crippen LogP contribution < -0.4 is 5.46 Å². The number of rotatable bonds is 1. The fraction of sp³-hybridized carbons (Fsp3) is 0.438. The summed E-state index contributed by atoms with van der Waals surface area (Å²) in [6.07, 6.45) is 4.89.